The van der Waals surface area contributed by atoms with E-state index in [-0.39, 0.29) is 43.9 Å². The number of nitrogens with zero attached hydrogens (tertiary/aromatic N) is 3. The minimum atomic E-state index is -1.95. The molecule has 3 aliphatic rings. The van der Waals surface area contributed by atoms with Crippen LogP contribution in [0.15, 0.2) is 94.6 Å². The highest BCUT2D eigenvalue weighted by atomic mass is 31.2. The summed E-state index contributed by atoms with van der Waals surface area (Å²) in [6.45, 7) is 11.1. The van der Waals surface area contributed by atoms with Gasteiger partial charge < -0.3 is 61.2 Å². The molecule has 0 amide bonds. The van der Waals surface area contributed by atoms with Gasteiger partial charge in [-0.2, -0.15) is 5.26 Å². The van der Waals surface area contributed by atoms with Crippen molar-refractivity contribution in [3.05, 3.63) is 128 Å². The maximum absolute atomic E-state index is 14.1. The molecule has 4 heterocycles. The monoisotopic (exact) mass is 1140 g/mol. The molecule has 0 saturated carbocycles. The minimum absolute atomic E-state index is 0.0507. The van der Waals surface area contributed by atoms with E-state index in [9.17, 15) is 34.0 Å². The van der Waals surface area contributed by atoms with Crippen LogP contribution in [0.5, 0.6) is 11.5 Å². The number of nitrogens with one attached hydrogen (secondary N) is 1. The molecular formula is C57H67N4O19P. The molecule has 1 N–H and O–H groups in total. The van der Waals surface area contributed by atoms with E-state index in [0.717, 1.165) is 49.0 Å². The number of ether oxygens (including phenoxy) is 11. The minimum Gasteiger partial charge on any atom is -0.497 e. The molecule has 23 nitrogen and oxygen atoms in total. The fraction of sp³-hybridized carbons (Fsp3) is 0.491. The Morgan fingerprint density at radius 2 is 1.40 bits per heavy atom. The third kappa shape index (κ3) is 14.4. The summed E-state index contributed by atoms with van der Waals surface area (Å²) in [6.07, 6.45) is -9.34. The van der Waals surface area contributed by atoms with Gasteiger partial charge in [0.2, 0.25) is 0 Å². The van der Waals surface area contributed by atoms with Crippen molar-refractivity contribution in [2.45, 2.75) is 134 Å². The smallest absolute Gasteiger partial charge is 0.330 e. The topological polar surface area (TPSA) is 270 Å². The molecule has 24 heteroatoms. The lowest BCUT2D eigenvalue weighted by Gasteiger charge is -2.43. The Morgan fingerprint density at radius 1 is 0.815 bits per heavy atom. The average molecular weight is 1140 g/mol. The number of rotatable bonds is 24. The lowest BCUT2D eigenvalue weighted by Crippen LogP contribution is -2.63. The zero-order valence-corrected chi connectivity index (χ0v) is 47.5. The molecule has 4 aromatic rings. The van der Waals surface area contributed by atoms with E-state index in [2.05, 4.69) is 27.6 Å². The Morgan fingerprint density at radius 3 is 1.95 bits per heavy atom. The molecule has 3 saturated heterocycles. The lowest BCUT2D eigenvalue weighted by molar-refractivity contribution is -0.305. The summed E-state index contributed by atoms with van der Waals surface area (Å²) in [5.41, 5.74) is -2.58. The fourth-order valence-electron chi connectivity index (χ4n) is 9.91. The molecule has 1 aromatic heterocycles. The fourth-order valence-corrected chi connectivity index (χ4v) is 11.7. The summed E-state index contributed by atoms with van der Waals surface area (Å²) in [5, 5.41) is 9.56. The summed E-state index contributed by atoms with van der Waals surface area (Å²) in [7, 11) is 1.21. The maximum atomic E-state index is 14.1. The normalized spacial score (nSPS) is 23.5. The van der Waals surface area contributed by atoms with Crippen LogP contribution in [0.1, 0.15) is 90.3 Å². The Bertz CT molecular complexity index is 2990. The Labute approximate surface area is 469 Å². The van der Waals surface area contributed by atoms with Gasteiger partial charge in [0.05, 0.1) is 46.5 Å². The molecular weight excluding hydrogens is 1080 g/mol. The number of nitriles is 1. The number of hydrogen-bond donors (Lipinski definition) is 1. The number of hydrogen-bond acceptors (Lipinski definition) is 21. The van der Waals surface area contributed by atoms with Crippen molar-refractivity contribution in [1.82, 2.24) is 14.2 Å². The second-order valence-corrected chi connectivity index (χ2v) is 21.0. The van der Waals surface area contributed by atoms with Crippen LogP contribution in [0.3, 0.4) is 0 Å². The van der Waals surface area contributed by atoms with Crippen molar-refractivity contribution in [2.24, 2.45) is 0 Å². The van der Waals surface area contributed by atoms with Crippen molar-refractivity contribution in [3.8, 4) is 29.4 Å². The maximum Gasteiger partial charge on any atom is 0.330 e. The molecule has 3 aliphatic heterocycles. The second kappa shape index (κ2) is 27.6. The highest BCUT2D eigenvalue weighted by Gasteiger charge is 2.65. The van der Waals surface area contributed by atoms with Gasteiger partial charge in [-0.15, -0.1) is 0 Å². The van der Waals surface area contributed by atoms with Gasteiger partial charge in [0.15, 0.2) is 30.8 Å². The molecule has 10 atom stereocenters. The third-order valence-electron chi connectivity index (χ3n) is 13.3. The molecule has 81 heavy (non-hydrogen) atoms. The largest absolute Gasteiger partial charge is 0.497 e. The molecule has 3 aromatic carbocycles. The van der Waals surface area contributed by atoms with Gasteiger partial charge in [-0.1, -0.05) is 66.4 Å². The van der Waals surface area contributed by atoms with Gasteiger partial charge in [-0.25, -0.2) is 9.46 Å². The average Bonchev–Trinajstić information content (AvgIpc) is 4.07. The van der Waals surface area contributed by atoms with Gasteiger partial charge in [-0.05, 0) is 68.7 Å². The van der Waals surface area contributed by atoms with E-state index in [1.807, 2.05) is 107 Å². The molecule has 434 valence electrons. The van der Waals surface area contributed by atoms with Crippen LogP contribution in [-0.2, 0) is 76.5 Å². The van der Waals surface area contributed by atoms with Gasteiger partial charge in [0.1, 0.15) is 59.8 Å². The van der Waals surface area contributed by atoms with Crippen LogP contribution in [0.2, 0.25) is 0 Å². The molecule has 0 radical (unpaired) electrons. The Kier molecular flexibility index (Phi) is 21.0. The molecule has 0 spiro atoms. The Hall–Kier alpha value is -7.02. The Balaban J connectivity index is 1.28. The second-order valence-electron chi connectivity index (χ2n) is 19.6. The van der Waals surface area contributed by atoms with Crippen LogP contribution in [-0.4, -0.2) is 146 Å². The van der Waals surface area contributed by atoms with E-state index >= 15 is 0 Å². The van der Waals surface area contributed by atoms with E-state index in [4.69, 9.17) is 61.2 Å². The van der Waals surface area contributed by atoms with Gasteiger partial charge in [0.25, 0.3) is 14.1 Å². The van der Waals surface area contributed by atoms with Crippen LogP contribution < -0.4 is 20.7 Å². The van der Waals surface area contributed by atoms with Crippen LogP contribution in [0.25, 0.3) is 0 Å². The highest BCUT2D eigenvalue weighted by molar-refractivity contribution is 7.44. The number of aromatic amines is 1. The summed E-state index contributed by atoms with van der Waals surface area (Å²) in [5.74, 6) is 3.48. The predicted octanol–water partition coefficient (Wildman–Crippen LogP) is 5.34. The highest BCUT2D eigenvalue weighted by Crippen LogP contribution is 2.56. The summed E-state index contributed by atoms with van der Waals surface area (Å²) >= 11 is 0. The van der Waals surface area contributed by atoms with Crippen molar-refractivity contribution in [3.63, 3.8) is 0 Å². The first-order chi connectivity index (χ1) is 38.7. The standard InChI is InChI=1S/C57H67N4O19P/c1-34(2)61(35(3)4)81(74-29-15-27-58)80-51-50-53(79-56(51,32-72-50)33-73-57(41-17-12-11-13-18-41,42-19-23-44(68-9)24-20-42)43-21-25-45(69-10)26-22-43)60-30-40(52(66)59-55(60)67)16-14-28-70-54-49(77-39(8)65)48(76-38(7)64)47(75-37(6)63)46(78-54)31-71-36(5)62/h11-13,17-26,30,34-35,46-51,53-54H,15,28-29,31-33H2,1-10H3,(H,59,66,67)/t46-,47-,48+,49-,50-,51+,53-,54-,56-,81?/m1/s1. The van der Waals surface area contributed by atoms with Gasteiger partial charge in [0, 0.05) is 46.0 Å². The summed E-state index contributed by atoms with van der Waals surface area (Å²) in [4.78, 5) is 78.9. The molecule has 2 bridgehead atoms. The van der Waals surface area contributed by atoms with Crippen LogP contribution >= 0.6 is 8.53 Å². The van der Waals surface area contributed by atoms with Crippen LogP contribution in [0.4, 0.5) is 0 Å². The molecule has 0 aliphatic carbocycles. The van der Waals surface area contributed by atoms with Gasteiger partial charge >= 0.3 is 29.6 Å². The lowest BCUT2D eigenvalue weighted by atomic mass is 9.79. The first kappa shape index (κ1) is 61.6. The quantitative estimate of drug-likeness (QED) is 0.0231. The van der Waals surface area contributed by atoms with Crippen molar-refractivity contribution in [1.29, 1.82) is 5.26 Å². The predicted molar refractivity (Wildman–Crippen MR) is 287 cm³/mol. The van der Waals surface area contributed by atoms with E-state index < -0.39 is 117 Å². The first-order valence-electron chi connectivity index (χ1n) is 26.0. The van der Waals surface area contributed by atoms with Crippen molar-refractivity contribution in [2.75, 3.05) is 47.3 Å². The summed E-state index contributed by atoms with van der Waals surface area (Å²) < 4.78 is 82.5. The number of fused-ring (bicyclic) bond motifs is 2. The third-order valence-corrected chi connectivity index (χ3v) is 15.4. The number of benzene rings is 3. The summed E-state index contributed by atoms with van der Waals surface area (Å²) in [6, 6.07) is 26.6. The molecule has 3 fully saturated rings. The first-order valence-corrected chi connectivity index (χ1v) is 27.2. The zero-order chi connectivity index (χ0) is 58.6. The van der Waals surface area contributed by atoms with Crippen LogP contribution in [0, 0.1) is 23.2 Å². The molecule has 7 rings (SSSR count). The van der Waals surface area contributed by atoms with E-state index in [1.165, 1.54) is 6.20 Å². The molecule has 1 unspecified atom stereocenters. The number of carbonyl (C=O) groups excluding carboxylic acids is 4. The van der Waals surface area contributed by atoms with Crippen molar-refractivity contribution < 1.29 is 80.3 Å². The number of esters is 4. The van der Waals surface area contributed by atoms with E-state index in [1.54, 1.807) is 14.2 Å². The SMILES string of the molecule is COc1ccc(C(OC[C@@]23CO[C@@H]([C@H](n4cc(C#CCO[C@@H]5O[C@H](COC(C)=O)[C@@H](OC(C)=O)[C@H](OC(C)=O)[C@H]5OC(C)=O)c(=O)[nH]c4=O)O2)[C@@H]3OP(OCCC#N)N(C(C)C)C(C)C)(c2ccccc2)c2ccc(OC)cc2)cc1. The van der Waals surface area contributed by atoms with Crippen molar-refractivity contribution >= 4 is 32.4 Å². The number of aromatic nitrogens is 2. The zero-order valence-electron chi connectivity index (χ0n) is 46.6. The number of carbonyl (C=O) groups is 4. The van der Waals surface area contributed by atoms with Gasteiger partial charge in [-0.3, -0.25) is 33.5 Å². The van der Waals surface area contributed by atoms with E-state index in [0.29, 0.717) is 11.5 Å². The number of H-pyrrole nitrogens is 1. The number of methoxy groups -OCH3 is 2.